The van der Waals surface area contributed by atoms with Crippen LogP contribution in [0, 0.1) is 0 Å². The van der Waals surface area contributed by atoms with E-state index in [-0.39, 0.29) is 6.04 Å². The van der Waals surface area contributed by atoms with Crippen molar-refractivity contribution in [2.75, 3.05) is 26.0 Å². The summed E-state index contributed by atoms with van der Waals surface area (Å²) in [6.07, 6.45) is 4.78. The minimum absolute atomic E-state index is 0.178. The summed E-state index contributed by atoms with van der Waals surface area (Å²) >= 11 is 1.70. The van der Waals surface area contributed by atoms with Crippen LogP contribution in [0.5, 0.6) is 0 Å². The summed E-state index contributed by atoms with van der Waals surface area (Å²) < 4.78 is 0. The lowest BCUT2D eigenvalue weighted by Gasteiger charge is -2.22. The molecule has 0 fully saturated rings. The second-order valence-corrected chi connectivity index (χ2v) is 11.0. The highest BCUT2D eigenvalue weighted by molar-refractivity contribution is 7.14. The van der Waals surface area contributed by atoms with Crippen molar-refractivity contribution < 1.29 is 0 Å². The van der Waals surface area contributed by atoms with Crippen LogP contribution in [0.3, 0.4) is 0 Å². The van der Waals surface area contributed by atoms with Crippen molar-refractivity contribution in [2.24, 2.45) is 0 Å². The Kier molecular flexibility index (Phi) is 8.66. The van der Waals surface area contributed by atoms with E-state index in [2.05, 4.69) is 94.4 Å². The molecule has 0 aliphatic heterocycles. The van der Waals surface area contributed by atoms with Gasteiger partial charge in [-0.2, -0.15) is 0 Å². The highest BCUT2D eigenvalue weighted by atomic mass is 32.1. The molecule has 2 aromatic heterocycles. The van der Waals surface area contributed by atoms with Crippen LogP contribution in [0.25, 0.3) is 11.3 Å². The monoisotopic (exact) mass is 464 g/mol. The molecule has 4 nitrogen and oxygen atoms in total. The van der Waals surface area contributed by atoms with Gasteiger partial charge in [0.25, 0.3) is 0 Å². The Morgan fingerprint density at radius 3 is 2.12 bits per heavy atom. The molecule has 33 heavy (non-hydrogen) atoms. The first-order valence-corrected chi connectivity index (χ1v) is 13.0. The normalized spacial score (nSPS) is 12.8. The number of anilines is 1. The maximum atomic E-state index is 5.11. The molecule has 0 saturated heterocycles. The summed E-state index contributed by atoms with van der Waals surface area (Å²) in [7, 11) is 4.23. The Labute approximate surface area is 204 Å². The SMILES string of the molecule is CC(C)c1cc(C(C)C)c(-c2csc(NC(CCN(C)C)c3cccnc3)n2)c(C(C)C)c1. The Morgan fingerprint density at radius 1 is 0.939 bits per heavy atom. The number of nitrogens with zero attached hydrogens (tertiary/aromatic N) is 3. The van der Waals surface area contributed by atoms with E-state index in [0.717, 1.165) is 23.8 Å². The van der Waals surface area contributed by atoms with Crippen LogP contribution in [0.4, 0.5) is 5.13 Å². The molecular formula is C28H40N4S. The van der Waals surface area contributed by atoms with E-state index in [9.17, 15) is 0 Å². The molecule has 2 heterocycles. The molecular weight excluding hydrogens is 424 g/mol. The van der Waals surface area contributed by atoms with Gasteiger partial charge in [0.15, 0.2) is 5.13 Å². The lowest BCUT2D eigenvalue weighted by molar-refractivity contribution is 0.388. The highest BCUT2D eigenvalue weighted by Crippen LogP contribution is 2.40. The second kappa shape index (κ2) is 11.3. The number of hydrogen-bond acceptors (Lipinski definition) is 5. The molecule has 1 N–H and O–H groups in total. The van der Waals surface area contributed by atoms with Crippen LogP contribution < -0.4 is 5.32 Å². The predicted molar refractivity (Wildman–Crippen MR) is 144 cm³/mol. The maximum absolute atomic E-state index is 5.11. The van der Waals surface area contributed by atoms with Crippen molar-refractivity contribution in [2.45, 2.75) is 71.8 Å². The van der Waals surface area contributed by atoms with Crippen molar-refractivity contribution in [3.63, 3.8) is 0 Å². The third kappa shape index (κ3) is 6.42. The largest absolute Gasteiger partial charge is 0.355 e. The standard InChI is InChI=1S/C28H40N4S/c1-18(2)22-14-23(19(3)4)27(24(15-22)20(5)6)26-17-33-28(31-26)30-25(11-13-32(7)8)21-10-9-12-29-16-21/h9-10,12,14-20,25H,11,13H2,1-8H3,(H,30,31). The van der Waals surface area contributed by atoms with Gasteiger partial charge in [-0.1, -0.05) is 59.7 Å². The topological polar surface area (TPSA) is 41.0 Å². The molecule has 0 bridgehead atoms. The lowest BCUT2D eigenvalue weighted by atomic mass is 9.83. The van der Waals surface area contributed by atoms with Crippen molar-refractivity contribution in [3.05, 3.63) is 64.3 Å². The van der Waals surface area contributed by atoms with Crippen LogP contribution in [0.2, 0.25) is 0 Å². The van der Waals surface area contributed by atoms with Gasteiger partial charge in [-0.25, -0.2) is 4.98 Å². The molecule has 0 aliphatic carbocycles. The predicted octanol–water partition coefficient (Wildman–Crippen LogP) is 7.68. The zero-order valence-electron chi connectivity index (χ0n) is 21.5. The molecule has 5 heteroatoms. The highest BCUT2D eigenvalue weighted by Gasteiger charge is 2.21. The number of hydrogen-bond donors (Lipinski definition) is 1. The van der Waals surface area contributed by atoms with Crippen molar-refractivity contribution in [3.8, 4) is 11.3 Å². The van der Waals surface area contributed by atoms with Crippen molar-refractivity contribution in [1.82, 2.24) is 14.9 Å². The minimum atomic E-state index is 0.178. The van der Waals surface area contributed by atoms with Gasteiger partial charge in [0.05, 0.1) is 11.7 Å². The first-order chi connectivity index (χ1) is 15.7. The van der Waals surface area contributed by atoms with Gasteiger partial charge >= 0.3 is 0 Å². The summed E-state index contributed by atoms with van der Waals surface area (Å²) in [6, 6.07) is 9.13. The molecule has 1 aromatic carbocycles. The molecule has 0 spiro atoms. The molecule has 0 amide bonds. The molecule has 1 unspecified atom stereocenters. The van der Waals surface area contributed by atoms with Gasteiger partial charge in [-0.15, -0.1) is 11.3 Å². The van der Waals surface area contributed by atoms with E-state index in [4.69, 9.17) is 4.98 Å². The number of pyridine rings is 1. The molecule has 1 atom stereocenters. The van der Waals surface area contributed by atoms with E-state index in [0.29, 0.717) is 17.8 Å². The maximum Gasteiger partial charge on any atom is 0.183 e. The second-order valence-electron chi connectivity index (χ2n) is 10.2. The van der Waals surface area contributed by atoms with E-state index in [1.54, 1.807) is 11.3 Å². The number of aromatic nitrogens is 2. The van der Waals surface area contributed by atoms with Gasteiger partial charge in [-0.3, -0.25) is 4.98 Å². The third-order valence-corrected chi connectivity index (χ3v) is 6.92. The Morgan fingerprint density at radius 2 is 1.61 bits per heavy atom. The van der Waals surface area contributed by atoms with Crippen LogP contribution >= 0.6 is 11.3 Å². The summed E-state index contributed by atoms with van der Waals surface area (Å²) in [5, 5.41) is 6.90. The van der Waals surface area contributed by atoms with Crippen molar-refractivity contribution >= 4 is 16.5 Å². The minimum Gasteiger partial charge on any atom is -0.355 e. The van der Waals surface area contributed by atoms with E-state index >= 15 is 0 Å². The molecule has 178 valence electrons. The molecule has 0 saturated carbocycles. The third-order valence-electron chi connectivity index (χ3n) is 6.14. The fourth-order valence-corrected chi connectivity index (χ4v) is 4.90. The average molecular weight is 465 g/mol. The first kappa shape index (κ1) is 25.4. The zero-order chi connectivity index (χ0) is 24.1. The molecule has 0 aliphatic rings. The quantitative estimate of drug-likeness (QED) is 0.334. The summed E-state index contributed by atoms with van der Waals surface area (Å²) in [6.45, 7) is 14.7. The number of thiazole rings is 1. The number of benzene rings is 1. The fraction of sp³-hybridized carbons (Fsp3) is 0.500. The van der Waals surface area contributed by atoms with Gasteiger partial charge < -0.3 is 10.2 Å². The van der Waals surface area contributed by atoms with Gasteiger partial charge in [0.1, 0.15) is 0 Å². The van der Waals surface area contributed by atoms with E-state index in [1.165, 1.54) is 27.8 Å². The zero-order valence-corrected chi connectivity index (χ0v) is 22.3. The Balaban J connectivity index is 1.99. The fourth-order valence-electron chi connectivity index (χ4n) is 4.15. The van der Waals surface area contributed by atoms with Crippen LogP contribution in [0.15, 0.2) is 42.0 Å². The van der Waals surface area contributed by atoms with E-state index < -0.39 is 0 Å². The molecule has 0 radical (unpaired) electrons. The van der Waals surface area contributed by atoms with Crippen LogP contribution in [-0.4, -0.2) is 35.5 Å². The molecule has 3 aromatic rings. The summed E-state index contributed by atoms with van der Waals surface area (Å²) in [4.78, 5) is 11.7. The van der Waals surface area contributed by atoms with Gasteiger partial charge in [0, 0.05) is 23.3 Å². The van der Waals surface area contributed by atoms with Crippen LogP contribution in [0.1, 0.15) is 94.0 Å². The summed E-state index contributed by atoms with van der Waals surface area (Å²) in [5.74, 6) is 1.40. The smallest absolute Gasteiger partial charge is 0.183 e. The average Bonchev–Trinajstić information content (AvgIpc) is 3.24. The van der Waals surface area contributed by atoms with Gasteiger partial charge in [-0.05, 0) is 73.1 Å². The summed E-state index contributed by atoms with van der Waals surface area (Å²) in [5.41, 5.74) is 7.82. The van der Waals surface area contributed by atoms with Crippen LogP contribution in [-0.2, 0) is 0 Å². The Hall–Kier alpha value is -2.24. The van der Waals surface area contributed by atoms with Gasteiger partial charge in [0.2, 0.25) is 0 Å². The first-order valence-electron chi connectivity index (χ1n) is 12.1. The number of rotatable bonds is 10. The van der Waals surface area contributed by atoms with E-state index in [1.807, 2.05) is 18.5 Å². The Bertz CT molecular complexity index is 992. The lowest BCUT2D eigenvalue weighted by Crippen LogP contribution is -2.20. The number of nitrogens with one attached hydrogen (secondary N) is 1. The molecule has 3 rings (SSSR count). The van der Waals surface area contributed by atoms with Crippen molar-refractivity contribution in [1.29, 1.82) is 0 Å².